The summed E-state index contributed by atoms with van der Waals surface area (Å²) in [6, 6.07) is 11.1. The Labute approximate surface area is 150 Å². The first-order valence-corrected chi connectivity index (χ1v) is 8.05. The normalized spacial score (nSPS) is 10.3. The van der Waals surface area contributed by atoms with Crippen LogP contribution in [-0.2, 0) is 24.5 Å². The highest BCUT2D eigenvalue weighted by atomic mass is 16.5. The fourth-order valence-electron chi connectivity index (χ4n) is 2.28. The molecule has 26 heavy (non-hydrogen) atoms. The van der Waals surface area contributed by atoms with E-state index >= 15 is 0 Å². The van der Waals surface area contributed by atoms with Crippen LogP contribution in [0.25, 0.3) is 0 Å². The Morgan fingerprint density at radius 2 is 2.04 bits per heavy atom. The van der Waals surface area contributed by atoms with Gasteiger partial charge >= 0.3 is 0 Å². The van der Waals surface area contributed by atoms with Gasteiger partial charge in [0.1, 0.15) is 18.8 Å². The lowest BCUT2D eigenvalue weighted by atomic mass is 10.3. The number of methoxy groups -OCH3 is 1. The average molecular weight is 353 g/mol. The number of hydrogen-bond acceptors (Lipinski definition) is 6. The van der Waals surface area contributed by atoms with Crippen LogP contribution in [0.5, 0.6) is 11.5 Å². The maximum atomic E-state index is 12.0. The van der Waals surface area contributed by atoms with Crippen LogP contribution in [0.3, 0.4) is 0 Å². The molecule has 0 aliphatic heterocycles. The molecular formula is C18H19N5O3. The van der Waals surface area contributed by atoms with Crippen molar-refractivity contribution in [2.24, 2.45) is 0 Å². The Balaban J connectivity index is 1.49. The van der Waals surface area contributed by atoms with E-state index in [1.165, 1.54) is 4.68 Å². The van der Waals surface area contributed by atoms with Gasteiger partial charge < -0.3 is 14.8 Å². The van der Waals surface area contributed by atoms with Crippen molar-refractivity contribution in [3.8, 4) is 11.5 Å². The number of aromatic nitrogens is 4. The summed E-state index contributed by atoms with van der Waals surface area (Å²) in [7, 11) is 1.59. The number of hydrogen-bond donors (Lipinski definition) is 1. The SMILES string of the molecule is COc1ccccc1OCc1cn(CC(=O)NCc2cccnc2)nn1. The van der Waals surface area contributed by atoms with Crippen molar-refractivity contribution in [3.05, 3.63) is 66.2 Å². The molecule has 0 saturated carbocycles. The number of para-hydroxylation sites is 2. The smallest absolute Gasteiger partial charge is 0.242 e. The zero-order chi connectivity index (χ0) is 18.2. The maximum Gasteiger partial charge on any atom is 0.242 e. The van der Waals surface area contributed by atoms with E-state index in [-0.39, 0.29) is 19.1 Å². The summed E-state index contributed by atoms with van der Waals surface area (Å²) in [4.78, 5) is 16.0. The van der Waals surface area contributed by atoms with E-state index in [0.29, 0.717) is 23.7 Å². The Kier molecular flexibility index (Phi) is 5.76. The van der Waals surface area contributed by atoms with Crippen LogP contribution in [0.15, 0.2) is 55.0 Å². The molecule has 3 rings (SSSR count). The Morgan fingerprint density at radius 1 is 1.19 bits per heavy atom. The Bertz CT molecular complexity index is 851. The summed E-state index contributed by atoms with van der Waals surface area (Å²) in [5.41, 5.74) is 1.56. The minimum absolute atomic E-state index is 0.0852. The third-order valence-corrected chi connectivity index (χ3v) is 3.55. The molecule has 0 aliphatic rings. The standard InChI is InChI=1S/C18H19N5O3/c1-25-16-6-2-3-7-17(16)26-13-15-11-23(22-21-15)12-18(24)20-10-14-5-4-8-19-9-14/h2-9,11H,10,12-13H2,1H3,(H,20,24). The molecule has 0 aliphatic carbocycles. The molecule has 2 heterocycles. The zero-order valence-corrected chi connectivity index (χ0v) is 14.3. The number of carbonyl (C=O) groups is 1. The van der Waals surface area contributed by atoms with E-state index in [4.69, 9.17) is 9.47 Å². The molecule has 2 aromatic heterocycles. The summed E-state index contributed by atoms with van der Waals surface area (Å²) in [5.74, 6) is 1.12. The van der Waals surface area contributed by atoms with Crippen molar-refractivity contribution in [2.45, 2.75) is 19.7 Å². The first kappa shape index (κ1) is 17.4. The number of nitrogens with one attached hydrogen (secondary N) is 1. The topological polar surface area (TPSA) is 91.2 Å². The van der Waals surface area contributed by atoms with Gasteiger partial charge in [0.15, 0.2) is 11.5 Å². The second kappa shape index (κ2) is 8.61. The van der Waals surface area contributed by atoms with Gasteiger partial charge in [-0.25, -0.2) is 4.68 Å². The third kappa shape index (κ3) is 4.79. The summed E-state index contributed by atoms with van der Waals surface area (Å²) in [5, 5.41) is 10.8. The van der Waals surface area contributed by atoms with Crippen molar-refractivity contribution in [3.63, 3.8) is 0 Å². The highest BCUT2D eigenvalue weighted by Crippen LogP contribution is 2.26. The highest BCUT2D eigenvalue weighted by Gasteiger charge is 2.08. The minimum atomic E-state index is -0.157. The lowest BCUT2D eigenvalue weighted by Crippen LogP contribution is -2.27. The maximum absolute atomic E-state index is 12.0. The van der Waals surface area contributed by atoms with Crippen LogP contribution in [0.1, 0.15) is 11.3 Å². The van der Waals surface area contributed by atoms with Crippen LogP contribution >= 0.6 is 0 Å². The number of rotatable bonds is 8. The highest BCUT2D eigenvalue weighted by molar-refractivity contribution is 5.75. The number of nitrogens with zero attached hydrogens (tertiary/aromatic N) is 4. The second-order valence-corrected chi connectivity index (χ2v) is 5.48. The van der Waals surface area contributed by atoms with Crippen LogP contribution in [0, 0.1) is 0 Å². The van der Waals surface area contributed by atoms with Crippen LogP contribution in [0.2, 0.25) is 0 Å². The fourth-order valence-corrected chi connectivity index (χ4v) is 2.28. The van der Waals surface area contributed by atoms with Gasteiger partial charge in [0.2, 0.25) is 5.91 Å². The molecule has 3 aromatic rings. The van der Waals surface area contributed by atoms with Gasteiger partial charge in [-0.1, -0.05) is 23.4 Å². The predicted molar refractivity (Wildman–Crippen MR) is 93.4 cm³/mol. The lowest BCUT2D eigenvalue weighted by molar-refractivity contribution is -0.122. The molecule has 0 unspecified atom stereocenters. The van der Waals surface area contributed by atoms with E-state index < -0.39 is 0 Å². The van der Waals surface area contributed by atoms with E-state index in [1.807, 2.05) is 36.4 Å². The van der Waals surface area contributed by atoms with Crippen molar-refractivity contribution in [2.75, 3.05) is 7.11 Å². The molecule has 134 valence electrons. The van der Waals surface area contributed by atoms with Crippen LogP contribution in [0.4, 0.5) is 0 Å². The van der Waals surface area contributed by atoms with Crippen molar-refractivity contribution < 1.29 is 14.3 Å². The van der Waals surface area contributed by atoms with E-state index in [9.17, 15) is 4.79 Å². The van der Waals surface area contributed by atoms with Crippen LogP contribution in [-0.4, -0.2) is 33.0 Å². The third-order valence-electron chi connectivity index (χ3n) is 3.55. The number of pyridine rings is 1. The molecule has 8 heteroatoms. The van der Waals surface area contributed by atoms with Gasteiger partial charge in [0, 0.05) is 18.9 Å². The molecule has 8 nitrogen and oxygen atoms in total. The van der Waals surface area contributed by atoms with Gasteiger partial charge in [-0.15, -0.1) is 5.10 Å². The summed E-state index contributed by atoms with van der Waals surface area (Å²) in [6.45, 7) is 0.741. The Morgan fingerprint density at radius 3 is 2.81 bits per heavy atom. The van der Waals surface area contributed by atoms with Crippen LogP contribution < -0.4 is 14.8 Å². The zero-order valence-electron chi connectivity index (χ0n) is 14.3. The number of amides is 1. The first-order chi connectivity index (χ1) is 12.7. The molecular weight excluding hydrogens is 334 g/mol. The number of ether oxygens (including phenoxy) is 2. The quantitative estimate of drug-likeness (QED) is 0.661. The number of carbonyl (C=O) groups excluding carboxylic acids is 1. The molecule has 0 atom stereocenters. The molecule has 0 spiro atoms. The molecule has 1 N–H and O–H groups in total. The van der Waals surface area contributed by atoms with E-state index in [0.717, 1.165) is 5.56 Å². The summed E-state index contributed by atoms with van der Waals surface area (Å²) >= 11 is 0. The van der Waals surface area contributed by atoms with Crippen molar-refractivity contribution >= 4 is 5.91 Å². The van der Waals surface area contributed by atoms with Gasteiger partial charge in [-0.3, -0.25) is 9.78 Å². The molecule has 1 aromatic carbocycles. The second-order valence-electron chi connectivity index (χ2n) is 5.48. The van der Waals surface area contributed by atoms with Gasteiger partial charge in [0.25, 0.3) is 0 Å². The van der Waals surface area contributed by atoms with Crippen molar-refractivity contribution in [1.82, 2.24) is 25.3 Å². The molecule has 0 fully saturated rings. The fraction of sp³-hybridized carbons (Fsp3) is 0.222. The van der Waals surface area contributed by atoms with Gasteiger partial charge in [-0.05, 0) is 23.8 Å². The average Bonchev–Trinajstić information content (AvgIpc) is 3.13. The predicted octanol–water partition coefficient (Wildman–Crippen LogP) is 1.58. The molecule has 0 radical (unpaired) electrons. The molecule has 1 amide bonds. The van der Waals surface area contributed by atoms with Gasteiger partial charge in [-0.2, -0.15) is 0 Å². The number of benzene rings is 1. The van der Waals surface area contributed by atoms with E-state index in [1.54, 1.807) is 25.7 Å². The monoisotopic (exact) mass is 353 g/mol. The lowest BCUT2D eigenvalue weighted by Gasteiger charge is -2.08. The van der Waals surface area contributed by atoms with Crippen molar-refractivity contribution in [1.29, 1.82) is 0 Å². The molecule has 0 bridgehead atoms. The van der Waals surface area contributed by atoms with Gasteiger partial charge in [0.05, 0.1) is 13.3 Å². The van der Waals surface area contributed by atoms with E-state index in [2.05, 4.69) is 20.6 Å². The summed E-state index contributed by atoms with van der Waals surface area (Å²) < 4.78 is 12.4. The largest absolute Gasteiger partial charge is 0.493 e. The first-order valence-electron chi connectivity index (χ1n) is 8.05. The molecule has 0 saturated heterocycles. The summed E-state index contributed by atoms with van der Waals surface area (Å²) in [6.07, 6.45) is 5.08. The minimum Gasteiger partial charge on any atom is -0.493 e. The Hall–Kier alpha value is -3.42.